The minimum atomic E-state index is 0. The van der Waals surface area contributed by atoms with Crippen LogP contribution in [0.4, 0.5) is 0 Å². The van der Waals surface area contributed by atoms with E-state index >= 15 is 0 Å². The maximum Gasteiger partial charge on any atom is 0.223 e. The Morgan fingerprint density at radius 3 is 2.75 bits per heavy atom. The summed E-state index contributed by atoms with van der Waals surface area (Å²) in [4.78, 5) is 14.5. The van der Waals surface area contributed by atoms with Crippen LogP contribution in [0.25, 0.3) is 0 Å². The summed E-state index contributed by atoms with van der Waals surface area (Å²) in [7, 11) is 0. The lowest BCUT2D eigenvalue weighted by Crippen LogP contribution is -2.40. The molecular formula is C19H23ClN2OS. The third kappa shape index (κ3) is 3.82. The number of halogens is 1. The zero-order valence-corrected chi connectivity index (χ0v) is 15.2. The maximum absolute atomic E-state index is 12.0. The van der Waals surface area contributed by atoms with Gasteiger partial charge in [-0.05, 0) is 52.8 Å². The van der Waals surface area contributed by atoms with Crippen molar-refractivity contribution in [3.05, 3.63) is 57.8 Å². The lowest BCUT2D eigenvalue weighted by atomic mass is 9.97. The van der Waals surface area contributed by atoms with Gasteiger partial charge in [-0.15, -0.1) is 12.4 Å². The number of carbonyl (C=O) groups is 1. The third-order valence-corrected chi connectivity index (χ3v) is 5.65. The van der Waals surface area contributed by atoms with E-state index in [1.807, 2.05) is 0 Å². The molecule has 0 saturated heterocycles. The van der Waals surface area contributed by atoms with Gasteiger partial charge in [0.15, 0.2) is 0 Å². The summed E-state index contributed by atoms with van der Waals surface area (Å²) >= 11 is 1.73. The predicted octanol–water partition coefficient (Wildman–Crippen LogP) is 3.80. The van der Waals surface area contributed by atoms with Crippen LogP contribution in [-0.4, -0.2) is 23.9 Å². The van der Waals surface area contributed by atoms with Crippen molar-refractivity contribution in [2.24, 2.45) is 5.92 Å². The minimum Gasteiger partial charge on any atom is -0.354 e. The Hall–Kier alpha value is -1.36. The molecule has 1 saturated carbocycles. The fourth-order valence-corrected chi connectivity index (χ4v) is 4.10. The Labute approximate surface area is 153 Å². The smallest absolute Gasteiger partial charge is 0.223 e. The molecule has 1 aromatic heterocycles. The van der Waals surface area contributed by atoms with Crippen LogP contribution in [0.15, 0.2) is 41.1 Å². The van der Waals surface area contributed by atoms with Crippen LogP contribution in [0.1, 0.15) is 35.6 Å². The monoisotopic (exact) mass is 362 g/mol. The number of amides is 1. The Morgan fingerprint density at radius 1 is 1.25 bits per heavy atom. The molecule has 1 aliphatic carbocycles. The Kier molecular flexibility index (Phi) is 5.59. The summed E-state index contributed by atoms with van der Waals surface area (Å²) in [5, 5.41) is 7.52. The van der Waals surface area contributed by atoms with Gasteiger partial charge in [0.25, 0.3) is 0 Å². The van der Waals surface area contributed by atoms with Gasteiger partial charge in [-0.2, -0.15) is 11.3 Å². The highest BCUT2D eigenvalue weighted by Gasteiger charge is 2.31. The number of benzene rings is 1. The zero-order chi connectivity index (χ0) is 15.6. The van der Waals surface area contributed by atoms with E-state index < -0.39 is 0 Å². The zero-order valence-electron chi connectivity index (χ0n) is 13.6. The first-order chi connectivity index (χ1) is 11.3. The minimum absolute atomic E-state index is 0. The van der Waals surface area contributed by atoms with Crippen molar-refractivity contribution in [3.8, 4) is 0 Å². The lowest BCUT2D eigenvalue weighted by Gasteiger charge is -2.35. The maximum atomic E-state index is 12.0. The molecule has 1 aliphatic heterocycles. The number of carbonyl (C=O) groups excluding carboxylic acids is 1. The summed E-state index contributed by atoms with van der Waals surface area (Å²) in [5.41, 5.74) is 4.22. The normalized spacial score (nSPS) is 18.3. The number of thiophene rings is 1. The highest BCUT2D eigenvalue weighted by atomic mass is 35.5. The molecule has 4 rings (SSSR count). The average Bonchev–Trinajstić information content (AvgIpc) is 3.31. The number of nitrogens with one attached hydrogen (secondary N) is 1. The van der Waals surface area contributed by atoms with Gasteiger partial charge < -0.3 is 5.32 Å². The number of hydrogen-bond acceptors (Lipinski definition) is 3. The van der Waals surface area contributed by atoms with Gasteiger partial charge >= 0.3 is 0 Å². The number of fused-ring (bicyclic) bond motifs is 1. The van der Waals surface area contributed by atoms with Crippen molar-refractivity contribution in [1.29, 1.82) is 0 Å². The molecule has 2 aliphatic rings. The quantitative estimate of drug-likeness (QED) is 0.877. The first kappa shape index (κ1) is 17.5. The highest BCUT2D eigenvalue weighted by Crippen LogP contribution is 2.31. The first-order valence-electron chi connectivity index (χ1n) is 8.42. The second kappa shape index (κ2) is 7.68. The average molecular weight is 363 g/mol. The molecular weight excluding hydrogens is 340 g/mol. The van der Waals surface area contributed by atoms with E-state index in [2.05, 4.69) is 51.3 Å². The van der Waals surface area contributed by atoms with Crippen molar-refractivity contribution in [1.82, 2.24) is 10.2 Å². The summed E-state index contributed by atoms with van der Waals surface area (Å²) in [6, 6.07) is 11.2. The van der Waals surface area contributed by atoms with Crippen LogP contribution in [0.2, 0.25) is 0 Å². The van der Waals surface area contributed by atoms with E-state index in [-0.39, 0.29) is 30.3 Å². The SMILES string of the molecule is Cl.O=C(NCC(c1ccsc1)N1CCc2ccccc2C1)C1CC1. The van der Waals surface area contributed by atoms with Crippen LogP contribution >= 0.6 is 23.7 Å². The molecule has 1 N–H and O–H groups in total. The van der Waals surface area contributed by atoms with Crippen molar-refractivity contribution < 1.29 is 4.79 Å². The van der Waals surface area contributed by atoms with Crippen molar-refractivity contribution >= 4 is 29.7 Å². The molecule has 1 unspecified atom stereocenters. The number of nitrogens with zero attached hydrogens (tertiary/aromatic N) is 1. The third-order valence-electron chi connectivity index (χ3n) is 4.95. The van der Waals surface area contributed by atoms with Crippen molar-refractivity contribution in [3.63, 3.8) is 0 Å². The van der Waals surface area contributed by atoms with E-state index in [4.69, 9.17) is 0 Å². The molecule has 0 radical (unpaired) electrons. The Bertz CT molecular complexity index is 684. The summed E-state index contributed by atoms with van der Waals surface area (Å²) in [6.45, 7) is 2.74. The second-order valence-electron chi connectivity index (χ2n) is 6.58. The molecule has 128 valence electrons. The van der Waals surface area contributed by atoms with Crippen LogP contribution in [0, 0.1) is 5.92 Å². The number of hydrogen-bond donors (Lipinski definition) is 1. The van der Waals surface area contributed by atoms with Gasteiger partial charge in [0.1, 0.15) is 0 Å². The molecule has 1 atom stereocenters. The van der Waals surface area contributed by atoms with Crippen molar-refractivity contribution in [2.45, 2.75) is 31.8 Å². The standard InChI is InChI=1S/C19H22N2OS.ClH/c22-19(15-5-6-15)20-11-18(17-8-10-23-13-17)21-9-7-14-3-1-2-4-16(14)12-21;/h1-4,8,10,13,15,18H,5-7,9,11-12H2,(H,20,22);1H. The van der Waals surface area contributed by atoms with Gasteiger partial charge in [-0.1, -0.05) is 24.3 Å². The Balaban J connectivity index is 0.00000169. The van der Waals surface area contributed by atoms with E-state index in [9.17, 15) is 4.79 Å². The second-order valence-corrected chi connectivity index (χ2v) is 7.36. The van der Waals surface area contributed by atoms with Gasteiger partial charge in [0.2, 0.25) is 5.91 Å². The topological polar surface area (TPSA) is 32.3 Å². The molecule has 2 aromatic rings. The molecule has 0 spiro atoms. The summed E-state index contributed by atoms with van der Waals surface area (Å²) in [6.07, 6.45) is 3.21. The first-order valence-corrected chi connectivity index (χ1v) is 9.36. The lowest BCUT2D eigenvalue weighted by molar-refractivity contribution is -0.122. The predicted molar refractivity (Wildman–Crippen MR) is 101 cm³/mol. The largest absolute Gasteiger partial charge is 0.354 e. The molecule has 1 aromatic carbocycles. The fraction of sp³-hybridized carbons (Fsp3) is 0.421. The van der Waals surface area contributed by atoms with Gasteiger partial charge in [0.05, 0.1) is 6.04 Å². The van der Waals surface area contributed by atoms with Crippen LogP contribution in [0.3, 0.4) is 0 Å². The van der Waals surface area contributed by atoms with Crippen molar-refractivity contribution in [2.75, 3.05) is 13.1 Å². The van der Waals surface area contributed by atoms with Crippen LogP contribution < -0.4 is 5.32 Å². The molecule has 1 amide bonds. The van der Waals surface area contributed by atoms with Crippen LogP contribution in [-0.2, 0) is 17.8 Å². The molecule has 5 heteroatoms. The fourth-order valence-electron chi connectivity index (χ4n) is 3.39. The van der Waals surface area contributed by atoms with E-state index in [1.54, 1.807) is 11.3 Å². The molecule has 24 heavy (non-hydrogen) atoms. The molecule has 1 fully saturated rings. The molecule has 0 bridgehead atoms. The highest BCUT2D eigenvalue weighted by molar-refractivity contribution is 7.07. The summed E-state index contributed by atoms with van der Waals surface area (Å²) in [5.74, 6) is 0.517. The molecule has 3 nitrogen and oxygen atoms in total. The Morgan fingerprint density at radius 2 is 2.04 bits per heavy atom. The van der Waals surface area contributed by atoms with E-state index in [1.165, 1.54) is 16.7 Å². The molecule has 2 heterocycles. The number of rotatable bonds is 5. The van der Waals surface area contributed by atoms with Crippen LogP contribution in [0.5, 0.6) is 0 Å². The van der Waals surface area contributed by atoms with Gasteiger partial charge in [0, 0.05) is 25.6 Å². The van der Waals surface area contributed by atoms with E-state index in [0.29, 0.717) is 6.54 Å². The van der Waals surface area contributed by atoms with E-state index in [0.717, 1.165) is 32.4 Å². The van der Waals surface area contributed by atoms with Gasteiger partial charge in [-0.25, -0.2) is 0 Å². The summed E-state index contributed by atoms with van der Waals surface area (Å²) < 4.78 is 0. The van der Waals surface area contributed by atoms with Gasteiger partial charge in [-0.3, -0.25) is 9.69 Å².